The summed E-state index contributed by atoms with van der Waals surface area (Å²) in [5.74, 6) is -4.01. The molecule has 0 aliphatic carbocycles. The number of rotatable bonds is 32. The van der Waals surface area contributed by atoms with E-state index in [1.165, 1.54) is 141 Å². The molecule has 47 heavy (non-hydrogen) atoms. The number of unbranched alkanes of at least 4 members (excludes halogenated alkanes) is 24. The SMILES string of the molecule is CCCCCCCCCCCCCCCOC(=O)/C=C\C(=O)[O-].CCCCCCCCCCCCCCCOC(=O)/C=C\C(=O)[O-].[Zn+2]. The second kappa shape index (κ2) is 42.0. The minimum atomic E-state index is -1.39. The molecule has 0 saturated carbocycles. The fourth-order valence-electron chi connectivity index (χ4n) is 4.95. The van der Waals surface area contributed by atoms with Gasteiger partial charge in [-0.1, -0.05) is 168 Å². The summed E-state index contributed by atoms with van der Waals surface area (Å²) in [6.07, 6.45) is 36.2. The van der Waals surface area contributed by atoms with Crippen LogP contribution in [-0.2, 0) is 48.1 Å². The quantitative estimate of drug-likeness (QED) is 0.0298. The van der Waals surface area contributed by atoms with Gasteiger partial charge in [-0.25, -0.2) is 9.59 Å². The summed E-state index contributed by atoms with van der Waals surface area (Å²) in [7, 11) is 0. The zero-order valence-corrected chi connectivity index (χ0v) is 33.0. The molecule has 8 nitrogen and oxygen atoms in total. The second-order valence-corrected chi connectivity index (χ2v) is 12.1. The van der Waals surface area contributed by atoms with Gasteiger partial charge in [0.05, 0.1) is 25.2 Å². The maximum atomic E-state index is 11.1. The molecule has 0 fully saturated rings. The second-order valence-electron chi connectivity index (χ2n) is 12.1. The van der Waals surface area contributed by atoms with Gasteiger partial charge in [0.15, 0.2) is 0 Å². The van der Waals surface area contributed by atoms with Crippen LogP contribution in [-0.4, -0.2) is 37.1 Å². The molecule has 0 aromatic heterocycles. The van der Waals surface area contributed by atoms with Gasteiger partial charge < -0.3 is 29.3 Å². The summed E-state index contributed by atoms with van der Waals surface area (Å²) in [6, 6.07) is 0. The van der Waals surface area contributed by atoms with Gasteiger partial charge in [0.2, 0.25) is 0 Å². The molecule has 0 spiro atoms. The average Bonchev–Trinajstić information content (AvgIpc) is 3.03. The summed E-state index contributed by atoms with van der Waals surface area (Å²) in [5, 5.41) is 20.2. The summed E-state index contributed by atoms with van der Waals surface area (Å²) in [6.45, 7) is 5.21. The molecule has 0 aromatic carbocycles. The standard InChI is InChI=1S/2C19H34O4.Zn/c2*1-2-3-4-5-6-7-8-9-10-11-12-13-14-17-23-19(22)16-15-18(20)21;/h2*15-16H,2-14,17H2,1H3,(H,20,21);/q;;+2/p-2/b2*16-15-;. The van der Waals surface area contributed by atoms with E-state index in [9.17, 15) is 29.4 Å². The largest absolute Gasteiger partial charge is 2.00 e. The van der Waals surface area contributed by atoms with Gasteiger partial charge in [-0.15, -0.1) is 0 Å². The third kappa shape index (κ3) is 48.5. The number of carbonyl (C=O) groups excluding carboxylic acids is 4. The molecule has 0 radical (unpaired) electrons. The molecule has 0 bridgehead atoms. The van der Waals surface area contributed by atoms with E-state index in [0.717, 1.165) is 37.8 Å². The molecular weight excluding hydrogens is 650 g/mol. The van der Waals surface area contributed by atoms with Crippen LogP contribution >= 0.6 is 0 Å². The van der Waals surface area contributed by atoms with Crippen molar-refractivity contribution in [3.05, 3.63) is 24.3 Å². The van der Waals surface area contributed by atoms with Crippen molar-refractivity contribution >= 4 is 23.9 Å². The van der Waals surface area contributed by atoms with E-state index >= 15 is 0 Å². The molecule has 0 saturated heterocycles. The zero-order chi connectivity index (χ0) is 34.4. The molecule has 9 heteroatoms. The summed E-state index contributed by atoms with van der Waals surface area (Å²) < 4.78 is 9.75. The van der Waals surface area contributed by atoms with Crippen molar-refractivity contribution in [1.29, 1.82) is 0 Å². The first kappa shape index (κ1) is 49.4. The van der Waals surface area contributed by atoms with Crippen LogP contribution < -0.4 is 10.2 Å². The molecule has 0 unspecified atom stereocenters. The number of hydrogen-bond donors (Lipinski definition) is 0. The number of esters is 2. The van der Waals surface area contributed by atoms with E-state index in [0.29, 0.717) is 25.4 Å². The molecule has 0 heterocycles. The number of carboxylic acid groups (broad SMARTS) is 2. The van der Waals surface area contributed by atoms with Crippen LogP contribution in [0.25, 0.3) is 0 Å². The molecule has 0 rings (SSSR count). The minimum absolute atomic E-state index is 0. The Bertz CT molecular complexity index is 718. The fraction of sp³-hybridized carbons (Fsp3) is 0.789. The van der Waals surface area contributed by atoms with Gasteiger partial charge in [0, 0.05) is 12.2 Å². The van der Waals surface area contributed by atoms with E-state index in [2.05, 4.69) is 13.8 Å². The first-order valence-corrected chi connectivity index (χ1v) is 18.4. The van der Waals surface area contributed by atoms with Crippen LogP contribution in [0.2, 0.25) is 0 Å². The Morgan fingerprint density at radius 3 is 0.809 bits per heavy atom. The third-order valence-electron chi connectivity index (χ3n) is 7.70. The van der Waals surface area contributed by atoms with E-state index in [1.807, 2.05) is 0 Å². The van der Waals surface area contributed by atoms with Crippen LogP contribution in [0.1, 0.15) is 181 Å². The maximum Gasteiger partial charge on any atom is 2.00 e. The molecular formula is C38H66O8Zn. The Morgan fingerprint density at radius 2 is 0.596 bits per heavy atom. The maximum absolute atomic E-state index is 11.1. The predicted molar refractivity (Wildman–Crippen MR) is 182 cm³/mol. The normalized spacial score (nSPS) is 10.8. The molecule has 0 atom stereocenters. The minimum Gasteiger partial charge on any atom is -0.545 e. The van der Waals surface area contributed by atoms with Crippen molar-refractivity contribution in [2.75, 3.05) is 13.2 Å². The Hall–Kier alpha value is -2.02. The van der Waals surface area contributed by atoms with Crippen molar-refractivity contribution < 1.29 is 58.3 Å². The molecule has 0 amide bonds. The van der Waals surface area contributed by atoms with E-state index in [4.69, 9.17) is 9.47 Å². The van der Waals surface area contributed by atoms with Gasteiger partial charge in [-0.05, 0) is 25.0 Å². The van der Waals surface area contributed by atoms with Gasteiger partial charge in [-0.3, -0.25) is 0 Å². The first-order chi connectivity index (χ1) is 22.3. The topological polar surface area (TPSA) is 133 Å². The Morgan fingerprint density at radius 1 is 0.383 bits per heavy atom. The van der Waals surface area contributed by atoms with Crippen molar-refractivity contribution in [2.45, 2.75) is 181 Å². The van der Waals surface area contributed by atoms with Gasteiger partial charge in [0.1, 0.15) is 0 Å². The summed E-state index contributed by atoms with van der Waals surface area (Å²) in [4.78, 5) is 42.3. The third-order valence-corrected chi connectivity index (χ3v) is 7.70. The van der Waals surface area contributed by atoms with Crippen LogP contribution in [0.5, 0.6) is 0 Å². The van der Waals surface area contributed by atoms with Crippen molar-refractivity contribution in [3.8, 4) is 0 Å². The monoisotopic (exact) mass is 714 g/mol. The molecule has 0 N–H and O–H groups in total. The summed E-state index contributed by atoms with van der Waals surface area (Å²) >= 11 is 0. The fourth-order valence-corrected chi connectivity index (χ4v) is 4.95. The van der Waals surface area contributed by atoms with Crippen molar-refractivity contribution in [1.82, 2.24) is 0 Å². The van der Waals surface area contributed by atoms with E-state index in [1.54, 1.807) is 0 Å². The van der Waals surface area contributed by atoms with Crippen LogP contribution in [0.4, 0.5) is 0 Å². The number of ether oxygens (including phenoxy) is 2. The molecule has 268 valence electrons. The van der Waals surface area contributed by atoms with Crippen LogP contribution in [0.3, 0.4) is 0 Å². The molecule has 0 aliphatic heterocycles. The number of hydrogen-bond acceptors (Lipinski definition) is 8. The van der Waals surface area contributed by atoms with E-state index < -0.39 is 23.9 Å². The first-order valence-electron chi connectivity index (χ1n) is 18.4. The predicted octanol–water partition coefficient (Wildman–Crippen LogP) is 7.85. The number of carbonyl (C=O) groups is 4. The average molecular weight is 716 g/mol. The summed E-state index contributed by atoms with van der Waals surface area (Å²) in [5.41, 5.74) is 0. The van der Waals surface area contributed by atoms with Crippen molar-refractivity contribution in [3.63, 3.8) is 0 Å². The zero-order valence-electron chi connectivity index (χ0n) is 30.1. The van der Waals surface area contributed by atoms with Crippen molar-refractivity contribution in [2.24, 2.45) is 0 Å². The Labute approximate surface area is 299 Å². The van der Waals surface area contributed by atoms with Gasteiger partial charge >= 0.3 is 31.4 Å². The Kier molecular flexibility index (Phi) is 44.1. The van der Waals surface area contributed by atoms with Gasteiger partial charge in [-0.2, -0.15) is 0 Å². The smallest absolute Gasteiger partial charge is 0.545 e. The van der Waals surface area contributed by atoms with E-state index in [-0.39, 0.29) is 19.5 Å². The molecule has 0 aliphatic rings. The molecule has 0 aromatic rings. The number of aliphatic carboxylic acids is 2. The number of carboxylic acids is 2. The Balaban J connectivity index is -0.000000807. The van der Waals surface area contributed by atoms with Crippen LogP contribution in [0, 0.1) is 0 Å². The van der Waals surface area contributed by atoms with Crippen LogP contribution in [0.15, 0.2) is 24.3 Å². The van der Waals surface area contributed by atoms with Gasteiger partial charge in [0.25, 0.3) is 0 Å².